The number of rotatable bonds is 15. The van der Waals surface area contributed by atoms with Gasteiger partial charge in [-0.25, -0.2) is 4.79 Å². The number of hydrogen-bond acceptors (Lipinski definition) is 5. The van der Waals surface area contributed by atoms with Crippen molar-refractivity contribution in [2.45, 2.75) is 38.8 Å². The van der Waals surface area contributed by atoms with Gasteiger partial charge in [0.05, 0.1) is 17.2 Å². The van der Waals surface area contributed by atoms with Gasteiger partial charge in [-0.3, -0.25) is 9.69 Å². The van der Waals surface area contributed by atoms with E-state index in [1.807, 2.05) is 72.8 Å². The van der Waals surface area contributed by atoms with Gasteiger partial charge >= 0.3 is 11.9 Å². The summed E-state index contributed by atoms with van der Waals surface area (Å²) in [4.78, 5) is 24.4. The zero-order valence-electron chi connectivity index (χ0n) is 23.4. The molecule has 0 aliphatic carbocycles. The van der Waals surface area contributed by atoms with E-state index in [0.29, 0.717) is 25.1 Å². The molecule has 0 aliphatic heterocycles. The highest BCUT2D eigenvalue weighted by Crippen LogP contribution is 2.24. The van der Waals surface area contributed by atoms with Crippen molar-refractivity contribution in [2.75, 3.05) is 13.1 Å². The molecular weight excluding hydrogens is 528 g/mol. The van der Waals surface area contributed by atoms with E-state index in [1.54, 1.807) is 18.2 Å². The van der Waals surface area contributed by atoms with Crippen molar-refractivity contribution in [3.8, 4) is 22.9 Å². The van der Waals surface area contributed by atoms with Crippen molar-refractivity contribution in [1.82, 2.24) is 4.90 Å². The lowest BCUT2D eigenvalue weighted by Crippen LogP contribution is -2.27. The van der Waals surface area contributed by atoms with Crippen molar-refractivity contribution in [2.24, 2.45) is 0 Å². The molecule has 0 unspecified atom stereocenters. The third-order valence-electron chi connectivity index (χ3n) is 7.07. The second-order valence-electron chi connectivity index (χ2n) is 10.2. The molecular formula is C35H34N2O5. The Hall–Kier alpha value is -4.93. The van der Waals surface area contributed by atoms with E-state index in [9.17, 15) is 20.0 Å². The van der Waals surface area contributed by atoms with Crippen LogP contribution in [0.1, 0.15) is 51.9 Å². The molecule has 0 atom stereocenters. The van der Waals surface area contributed by atoms with Crippen molar-refractivity contribution in [3.05, 3.63) is 125 Å². The number of hydrogen-bond donors (Lipinski definition) is 2. The third kappa shape index (κ3) is 9.05. The molecule has 0 heterocycles. The zero-order valence-corrected chi connectivity index (χ0v) is 23.4. The quantitative estimate of drug-likeness (QED) is 0.153. The molecule has 0 bridgehead atoms. The summed E-state index contributed by atoms with van der Waals surface area (Å²) in [7, 11) is 0. The molecule has 214 valence electrons. The number of para-hydroxylation sites is 1. The van der Waals surface area contributed by atoms with Gasteiger partial charge in [-0.05, 0) is 84.0 Å². The minimum Gasteiger partial charge on any atom is -0.489 e. The van der Waals surface area contributed by atoms with E-state index in [2.05, 4.69) is 17.0 Å². The van der Waals surface area contributed by atoms with Crippen LogP contribution in [0.3, 0.4) is 0 Å². The Kier molecular flexibility index (Phi) is 10.9. The van der Waals surface area contributed by atoms with Crippen LogP contribution in [0.15, 0.2) is 97.1 Å². The van der Waals surface area contributed by atoms with Crippen LogP contribution in [0.25, 0.3) is 11.1 Å². The first kappa shape index (κ1) is 30.0. The van der Waals surface area contributed by atoms with Crippen LogP contribution in [-0.2, 0) is 24.4 Å². The lowest BCUT2D eigenvalue weighted by Gasteiger charge is -2.23. The molecule has 0 radical (unpaired) electrons. The summed E-state index contributed by atoms with van der Waals surface area (Å²) in [5.41, 5.74) is 6.04. The molecule has 2 N–H and O–H groups in total. The Labute approximate surface area is 246 Å². The Morgan fingerprint density at radius 3 is 2.24 bits per heavy atom. The van der Waals surface area contributed by atoms with E-state index in [4.69, 9.17) is 9.84 Å². The molecule has 4 aromatic rings. The van der Waals surface area contributed by atoms with Crippen LogP contribution in [0.5, 0.6) is 5.75 Å². The topological polar surface area (TPSA) is 111 Å². The maximum atomic E-state index is 11.2. The highest BCUT2D eigenvalue weighted by Gasteiger charge is 2.11. The van der Waals surface area contributed by atoms with Crippen LogP contribution in [-0.4, -0.2) is 40.1 Å². The maximum absolute atomic E-state index is 11.2. The van der Waals surface area contributed by atoms with Gasteiger partial charge in [-0.2, -0.15) is 5.26 Å². The number of benzene rings is 4. The number of carboxylic acid groups (broad SMARTS) is 2. The second kappa shape index (κ2) is 15.2. The molecule has 4 aromatic carbocycles. The van der Waals surface area contributed by atoms with Crippen LogP contribution in [0, 0.1) is 11.3 Å². The lowest BCUT2D eigenvalue weighted by atomic mass is 10.0. The monoisotopic (exact) mass is 562 g/mol. The van der Waals surface area contributed by atoms with Crippen LogP contribution in [0.2, 0.25) is 0 Å². The molecule has 0 saturated carbocycles. The molecule has 0 fully saturated rings. The third-order valence-corrected chi connectivity index (χ3v) is 7.07. The predicted molar refractivity (Wildman–Crippen MR) is 161 cm³/mol. The van der Waals surface area contributed by atoms with Gasteiger partial charge in [0.2, 0.25) is 0 Å². The summed E-state index contributed by atoms with van der Waals surface area (Å²) in [6.07, 6.45) is 2.25. The number of aliphatic carboxylic acids is 1. The van der Waals surface area contributed by atoms with Gasteiger partial charge < -0.3 is 14.9 Å². The molecule has 7 nitrogen and oxygen atoms in total. The normalized spacial score (nSPS) is 10.8. The number of carbonyl (C=O) groups is 2. The number of nitriles is 1. The minimum atomic E-state index is -0.954. The molecule has 7 heteroatoms. The minimum absolute atomic E-state index is 0.144. The Bertz CT molecular complexity index is 1520. The van der Waals surface area contributed by atoms with Gasteiger partial charge in [0.25, 0.3) is 0 Å². The molecule has 42 heavy (non-hydrogen) atoms. The first-order valence-electron chi connectivity index (χ1n) is 14.0. The molecule has 0 saturated heterocycles. The summed E-state index contributed by atoms with van der Waals surface area (Å²) in [6, 6.07) is 32.7. The first-order chi connectivity index (χ1) is 20.4. The Balaban J connectivity index is 1.38. The average molecular weight is 563 g/mol. The second-order valence-corrected chi connectivity index (χ2v) is 10.2. The summed E-state index contributed by atoms with van der Waals surface area (Å²) < 4.78 is 6.23. The summed E-state index contributed by atoms with van der Waals surface area (Å²) in [5.74, 6) is -0.926. The number of ether oxygens (including phenoxy) is 1. The maximum Gasteiger partial charge on any atom is 0.335 e. The Morgan fingerprint density at radius 1 is 0.786 bits per heavy atom. The van der Waals surface area contributed by atoms with E-state index in [1.165, 1.54) is 0 Å². The van der Waals surface area contributed by atoms with Crippen molar-refractivity contribution in [1.29, 1.82) is 5.26 Å². The summed E-state index contributed by atoms with van der Waals surface area (Å²) in [6.45, 7) is 2.54. The highest BCUT2D eigenvalue weighted by atomic mass is 16.5. The standard InChI is InChI=1S/C35H34N2O5/c36-23-28-6-5-8-32(22-28)29-15-13-27(14-16-29)25-42-33-9-2-1-7-30(33)19-21-37(20-4-3-10-34(38)39)24-26-11-17-31(18-12-26)35(40)41/h1-2,5-9,11-18,22H,3-4,10,19-21,24-25H2,(H,38,39)(H,40,41). The first-order valence-corrected chi connectivity index (χ1v) is 14.0. The highest BCUT2D eigenvalue weighted by molar-refractivity contribution is 5.87. The number of aromatic carboxylic acids is 1. The molecule has 0 aromatic heterocycles. The molecule has 0 aliphatic rings. The Morgan fingerprint density at radius 2 is 1.52 bits per heavy atom. The molecule has 0 amide bonds. The largest absolute Gasteiger partial charge is 0.489 e. The fourth-order valence-electron chi connectivity index (χ4n) is 4.75. The van der Waals surface area contributed by atoms with E-state index < -0.39 is 11.9 Å². The molecule has 0 spiro atoms. The number of unbranched alkanes of at least 4 members (excludes halogenated alkanes) is 1. The van der Waals surface area contributed by atoms with Crippen LogP contribution in [0.4, 0.5) is 0 Å². The molecule has 4 rings (SSSR count). The van der Waals surface area contributed by atoms with Crippen LogP contribution < -0.4 is 4.74 Å². The van der Waals surface area contributed by atoms with Gasteiger partial charge in [0, 0.05) is 19.5 Å². The smallest absolute Gasteiger partial charge is 0.335 e. The van der Waals surface area contributed by atoms with Crippen LogP contribution >= 0.6 is 0 Å². The lowest BCUT2D eigenvalue weighted by molar-refractivity contribution is -0.137. The van der Waals surface area contributed by atoms with Gasteiger partial charge in [-0.1, -0.05) is 66.7 Å². The number of carboxylic acids is 2. The van der Waals surface area contributed by atoms with E-state index in [-0.39, 0.29) is 12.0 Å². The van der Waals surface area contributed by atoms with Crippen molar-refractivity contribution >= 4 is 11.9 Å². The zero-order chi connectivity index (χ0) is 29.7. The van der Waals surface area contributed by atoms with E-state index in [0.717, 1.165) is 59.5 Å². The fourth-order valence-corrected chi connectivity index (χ4v) is 4.75. The fraction of sp³-hybridized carbons (Fsp3) is 0.229. The average Bonchev–Trinajstić information content (AvgIpc) is 3.01. The predicted octanol–water partition coefficient (Wildman–Crippen LogP) is 6.80. The van der Waals surface area contributed by atoms with E-state index >= 15 is 0 Å². The summed E-state index contributed by atoms with van der Waals surface area (Å²) >= 11 is 0. The van der Waals surface area contributed by atoms with Gasteiger partial charge in [0.15, 0.2) is 0 Å². The van der Waals surface area contributed by atoms with Gasteiger partial charge in [-0.15, -0.1) is 0 Å². The number of nitrogens with zero attached hydrogens (tertiary/aromatic N) is 2. The summed E-state index contributed by atoms with van der Waals surface area (Å²) in [5, 5.41) is 27.4. The van der Waals surface area contributed by atoms with Crippen molar-refractivity contribution < 1.29 is 24.5 Å². The van der Waals surface area contributed by atoms with Gasteiger partial charge in [0.1, 0.15) is 12.4 Å². The SMILES string of the molecule is N#Cc1cccc(-c2ccc(COc3ccccc3CCN(CCCCC(=O)O)Cc3ccc(C(=O)O)cc3)cc2)c1. The van der Waals surface area contributed by atoms with Crippen molar-refractivity contribution in [3.63, 3.8) is 0 Å².